The summed E-state index contributed by atoms with van der Waals surface area (Å²) >= 11 is 1.33. The largest absolute Gasteiger partial charge is 0.361 e. The van der Waals surface area contributed by atoms with Crippen LogP contribution >= 0.6 is 11.3 Å². The Balaban J connectivity index is 1.74. The smallest absolute Gasteiger partial charge is 0.262 e. The number of hydrogen-bond donors (Lipinski definition) is 2. The fraction of sp³-hybridized carbons (Fsp3) is 0.176. The van der Waals surface area contributed by atoms with E-state index in [0.29, 0.717) is 22.1 Å². The van der Waals surface area contributed by atoms with E-state index in [1.807, 2.05) is 17.5 Å². The van der Waals surface area contributed by atoms with Crippen molar-refractivity contribution >= 4 is 34.0 Å². The monoisotopic (exact) mass is 356 g/mol. The summed E-state index contributed by atoms with van der Waals surface area (Å²) in [5.41, 5.74) is 3.33. The molecule has 0 aliphatic heterocycles. The minimum atomic E-state index is -0.293. The van der Waals surface area contributed by atoms with Crippen LogP contribution in [0.1, 0.15) is 28.7 Å². The molecule has 8 heteroatoms. The lowest BCUT2D eigenvalue weighted by Crippen LogP contribution is -2.13. The maximum Gasteiger partial charge on any atom is 0.262 e. The van der Waals surface area contributed by atoms with E-state index in [9.17, 15) is 9.59 Å². The number of aromatic nitrogens is 2. The summed E-state index contributed by atoms with van der Waals surface area (Å²) in [7, 11) is 0. The molecular formula is C17H16N4O3S. The topological polar surface area (TPSA) is 97.1 Å². The molecule has 2 aromatic heterocycles. The van der Waals surface area contributed by atoms with Crippen LogP contribution in [0.25, 0.3) is 11.3 Å². The Labute approximate surface area is 148 Å². The van der Waals surface area contributed by atoms with Gasteiger partial charge in [0.25, 0.3) is 5.91 Å². The summed E-state index contributed by atoms with van der Waals surface area (Å²) in [6.45, 7) is 4.87. The van der Waals surface area contributed by atoms with E-state index in [-0.39, 0.29) is 11.8 Å². The van der Waals surface area contributed by atoms with Gasteiger partial charge < -0.3 is 9.84 Å². The summed E-state index contributed by atoms with van der Waals surface area (Å²) in [5.74, 6) is 0.0595. The zero-order valence-electron chi connectivity index (χ0n) is 13.9. The zero-order chi connectivity index (χ0) is 18.0. The molecule has 25 heavy (non-hydrogen) atoms. The molecule has 2 N–H and O–H groups in total. The highest BCUT2D eigenvalue weighted by atomic mass is 32.1. The molecule has 0 radical (unpaired) electrons. The van der Waals surface area contributed by atoms with Crippen molar-refractivity contribution in [2.75, 3.05) is 10.6 Å². The number of amides is 2. The Morgan fingerprint density at radius 2 is 1.84 bits per heavy atom. The third-order valence-electron chi connectivity index (χ3n) is 3.49. The number of hydrogen-bond acceptors (Lipinski definition) is 6. The van der Waals surface area contributed by atoms with Gasteiger partial charge in [0, 0.05) is 23.6 Å². The van der Waals surface area contributed by atoms with Crippen LogP contribution < -0.4 is 10.6 Å². The van der Waals surface area contributed by atoms with Crippen LogP contribution in [-0.4, -0.2) is 22.0 Å². The van der Waals surface area contributed by atoms with Crippen molar-refractivity contribution in [3.63, 3.8) is 0 Å². The second-order valence-corrected chi connectivity index (χ2v) is 6.31. The van der Waals surface area contributed by atoms with E-state index in [2.05, 4.69) is 20.8 Å². The van der Waals surface area contributed by atoms with Crippen molar-refractivity contribution < 1.29 is 14.1 Å². The van der Waals surface area contributed by atoms with E-state index in [1.54, 1.807) is 26.0 Å². The standard InChI is InChI=1S/C17H16N4O3S/c1-9-15(10(2)24-21-9)16(23)20-17-19-14(8-25-17)12-4-6-13(7-5-12)18-11(3)22/h4-8H,1-3H3,(H,18,22)(H,19,20,23). The quantitative estimate of drug-likeness (QED) is 0.744. The van der Waals surface area contributed by atoms with Crippen molar-refractivity contribution in [3.05, 3.63) is 46.7 Å². The molecule has 2 amide bonds. The number of thiazole rings is 1. The zero-order valence-corrected chi connectivity index (χ0v) is 14.7. The Bertz CT molecular complexity index is 908. The summed E-state index contributed by atoms with van der Waals surface area (Å²) in [6, 6.07) is 7.33. The molecule has 0 aliphatic carbocycles. The normalized spacial score (nSPS) is 10.5. The molecule has 0 aliphatic rings. The summed E-state index contributed by atoms with van der Waals surface area (Å²) in [4.78, 5) is 27.8. The molecule has 128 valence electrons. The van der Waals surface area contributed by atoms with Crippen molar-refractivity contribution in [2.24, 2.45) is 0 Å². The third-order valence-corrected chi connectivity index (χ3v) is 4.24. The number of carbonyl (C=O) groups is 2. The molecule has 1 aromatic carbocycles. The number of aryl methyl sites for hydroxylation is 2. The van der Waals surface area contributed by atoms with Gasteiger partial charge in [0.2, 0.25) is 5.91 Å². The molecular weight excluding hydrogens is 340 g/mol. The summed E-state index contributed by atoms with van der Waals surface area (Å²) in [6.07, 6.45) is 0. The van der Waals surface area contributed by atoms with E-state index in [1.165, 1.54) is 18.3 Å². The van der Waals surface area contributed by atoms with Crippen LogP contribution in [0, 0.1) is 13.8 Å². The van der Waals surface area contributed by atoms with E-state index < -0.39 is 0 Å². The Morgan fingerprint density at radius 1 is 1.12 bits per heavy atom. The molecule has 7 nitrogen and oxygen atoms in total. The Hall–Kier alpha value is -3.00. The highest BCUT2D eigenvalue weighted by molar-refractivity contribution is 7.14. The van der Waals surface area contributed by atoms with Gasteiger partial charge in [-0.3, -0.25) is 14.9 Å². The van der Waals surface area contributed by atoms with Gasteiger partial charge in [-0.25, -0.2) is 4.98 Å². The number of anilines is 2. The number of nitrogens with one attached hydrogen (secondary N) is 2. The maximum absolute atomic E-state index is 12.3. The van der Waals surface area contributed by atoms with Gasteiger partial charge in [-0.1, -0.05) is 17.3 Å². The minimum absolute atomic E-state index is 0.120. The van der Waals surface area contributed by atoms with Gasteiger partial charge in [-0.05, 0) is 26.0 Å². The number of rotatable bonds is 4. The first-order valence-corrected chi connectivity index (χ1v) is 8.40. The predicted octanol–water partition coefficient (Wildman–Crippen LogP) is 3.63. The number of nitrogens with zero attached hydrogens (tertiary/aromatic N) is 2. The minimum Gasteiger partial charge on any atom is -0.361 e. The van der Waals surface area contributed by atoms with Gasteiger partial charge in [-0.2, -0.15) is 0 Å². The molecule has 0 atom stereocenters. The second-order valence-electron chi connectivity index (χ2n) is 5.45. The van der Waals surface area contributed by atoms with Crippen LogP contribution in [0.2, 0.25) is 0 Å². The fourth-order valence-electron chi connectivity index (χ4n) is 2.36. The molecule has 0 saturated carbocycles. The van der Waals surface area contributed by atoms with Crippen LogP contribution in [-0.2, 0) is 4.79 Å². The van der Waals surface area contributed by atoms with Crippen LogP contribution in [0.5, 0.6) is 0 Å². The maximum atomic E-state index is 12.3. The van der Waals surface area contributed by atoms with Crippen LogP contribution in [0.3, 0.4) is 0 Å². The lowest BCUT2D eigenvalue weighted by molar-refractivity contribution is -0.114. The number of carbonyl (C=O) groups excluding carboxylic acids is 2. The van der Waals surface area contributed by atoms with Gasteiger partial charge in [0.05, 0.1) is 11.4 Å². The van der Waals surface area contributed by atoms with Gasteiger partial charge in [-0.15, -0.1) is 11.3 Å². The van der Waals surface area contributed by atoms with E-state index in [0.717, 1.165) is 16.9 Å². The first kappa shape index (κ1) is 16.8. The molecule has 0 unspecified atom stereocenters. The molecule has 0 bridgehead atoms. The molecule has 0 saturated heterocycles. The van der Waals surface area contributed by atoms with Crippen molar-refractivity contribution in [1.82, 2.24) is 10.1 Å². The first-order chi connectivity index (χ1) is 11.9. The van der Waals surface area contributed by atoms with Crippen LogP contribution in [0.15, 0.2) is 34.2 Å². The van der Waals surface area contributed by atoms with Crippen molar-refractivity contribution in [3.8, 4) is 11.3 Å². The average Bonchev–Trinajstić information content (AvgIpc) is 3.14. The summed E-state index contributed by atoms with van der Waals surface area (Å²) < 4.78 is 5.01. The predicted molar refractivity (Wildman–Crippen MR) is 95.8 cm³/mol. The lowest BCUT2D eigenvalue weighted by atomic mass is 10.1. The second kappa shape index (κ2) is 6.86. The number of benzene rings is 1. The first-order valence-electron chi connectivity index (χ1n) is 7.52. The molecule has 0 fully saturated rings. The van der Waals surface area contributed by atoms with Gasteiger partial charge in [0.1, 0.15) is 11.3 Å². The molecule has 2 heterocycles. The SMILES string of the molecule is CC(=O)Nc1ccc(-c2csc(NC(=O)c3c(C)noc3C)n2)cc1. The lowest BCUT2D eigenvalue weighted by Gasteiger charge is -2.03. The Kier molecular flexibility index (Phi) is 4.62. The third kappa shape index (κ3) is 3.74. The Morgan fingerprint density at radius 3 is 2.44 bits per heavy atom. The molecule has 3 aromatic rings. The van der Waals surface area contributed by atoms with Crippen molar-refractivity contribution in [1.29, 1.82) is 0 Å². The molecule has 3 rings (SSSR count). The van der Waals surface area contributed by atoms with Gasteiger partial charge >= 0.3 is 0 Å². The molecule has 0 spiro atoms. The fourth-order valence-corrected chi connectivity index (χ4v) is 3.07. The summed E-state index contributed by atoms with van der Waals surface area (Å²) in [5, 5.41) is 11.6. The van der Waals surface area contributed by atoms with Crippen molar-refractivity contribution in [2.45, 2.75) is 20.8 Å². The highest BCUT2D eigenvalue weighted by Crippen LogP contribution is 2.26. The van der Waals surface area contributed by atoms with E-state index >= 15 is 0 Å². The van der Waals surface area contributed by atoms with Gasteiger partial charge in [0.15, 0.2) is 5.13 Å². The average molecular weight is 356 g/mol. The highest BCUT2D eigenvalue weighted by Gasteiger charge is 2.18. The van der Waals surface area contributed by atoms with Crippen LogP contribution in [0.4, 0.5) is 10.8 Å². The van der Waals surface area contributed by atoms with E-state index in [4.69, 9.17) is 4.52 Å².